The van der Waals surface area contributed by atoms with Crippen molar-refractivity contribution in [3.05, 3.63) is 48.4 Å². The van der Waals surface area contributed by atoms with Gasteiger partial charge in [0.25, 0.3) is 5.91 Å². The van der Waals surface area contributed by atoms with Crippen LogP contribution in [0.2, 0.25) is 0 Å². The molecule has 1 saturated heterocycles. The van der Waals surface area contributed by atoms with Crippen molar-refractivity contribution >= 4 is 29.0 Å². The summed E-state index contributed by atoms with van der Waals surface area (Å²) in [7, 11) is 1.59. The highest BCUT2D eigenvalue weighted by Gasteiger charge is 2.51. The number of primary amides is 1. The number of aromatic nitrogens is 3. The van der Waals surface area contributed by atoms with Gasteiger partial charge >= 0.3 is 0 Å². The van der Waals surface area contributed by atoms with Gasteiger partial charge in [-0.25, -0.2) is 4.98 Å². The molecule has 1 aromatic carbocycles. The highest BCUT2D eigenvalue weighted by Crippen LogP contribution is 2.52. The van der Waals surface area contributed by atoms with Crippen molar-refractivity contribution in [2.45, 2.75) is 51.4 Å². The first-order valence-corrected chi connectivity index (χ1v) is 13.6. The van der Waals surface area contributed by atoms with E-state index in [-0.39, 0.29) is 28.8 Å². The minimum atomic E-state index is -0.644. The Hall–Kier alpha value is -3.96. The van der Waals surface area contributed by atoms with Crippen LogP contribution in [0.15, 0.2) is 42.9 Å². The van der Waals surface area contributed by atoms with Gasteiger partial charge < -0.3 is 30.6 Å². The molecule has 6 rings (SSSR count). The molecule has 3 heterocycles. The number of hydrogen-bond donors (Lipinski definition) is 3. The van der Waals surface area contributed by atoms with Crippen molar-refractivity contribution in [2.24, 2.45) is 17.1 Å². The first-order valence-electron chi connectivity index (χ1n) is 13.6. The number of methoxy groups -OCH3 is 1. The summed E-state index contributed by atoms with van der Waals surface area (Å²) in [6, 6.07) is 7.29. The number of pyridine rings is 1. The molecule has 11 heteroatoms. The maximum Gasteiger partial charge on any atom is 0.252 e. The second kappa shape index (κ2) is 9.90. The number of amides is 2. The normalized spacial score (nSPS) is 22.3. The molecule has 0 radical (unpaired) electrons. The van der Waals surface area contributed by atoms with E-state index in [9.17, 15) is 9.59 Å². The first-order chi connectivity index (χ1) is 19.2. The highest BCUT2D eigenvalue weighted by atomic mass is 16.7. The number of nitrogens with zero attached hydrogens (tertiary/aromatic N) is 3. The number of hydrogen-bond acceptors (Lipinski definition) is 8. The van der Waals surface area contributed by atoms with Crippen molar-refractivity contribution in [1.29, 1.82) is 0 Å². The monoisotopic (exact) mass is 546 g/mol. The summed E-state index contributed by atoms with van der Waals surface area (Å²) in [5.41, 5.74) is 8.52. The molecule has 3 fully saturated rings. The molecular weight excluding hydrogens is 512 g/mol. The highest BCUT2D eigenvalue weighted by molar-refractivity contribution is 6.01. The lowest BCUT2D eigenvalue weighted by molar-refractivity contribution is -0.177. The number of ether oxygens (including phenoxy) is 3. The van der Waals surface area contributed by atoms with E-state index in [1.807, 2.05) is 29.1 Å². The van der Waals surface area contributed by atoms with Gasteiger partial charge in [0.05, 0.1) is 43.5 Å². The number of nitrogens with one attached hydrogen (secondary N) is 2. The molecule has 1 spiro atoms. The van der Waals surface area contributed by atoms with E-state index in [1.165, 1.54) is 6.20 Å². The average molecular weight is 547 g/mol. The largest absolute Gasteiger partial charge is 0.494 e. The standard InChI is InChI=1S/C29H34N6O5/c1-28(2)13-20(28)27(37)34-24-12-22(19(15-31-24)26(30)36)33-21-7-4-6-18(25(21)38-3)17-14-32-35(16-17)23-8-5-9-29(23)39-10-11-40-29/h4,6-7,12,14-16,20,23H,5,8-11,13H2,1-3H3,(H2,30,36)(H2,31,33,34,37)/t20-,23?/m1/s1. The molecule has 2 amide bonds. The second-order valence-corrected chi connectivity index (χ2v) is 11.4. The molecule has 11 nitrogen and oxygen atoms in total. The Labute approximate surface area is 232 Å². The molecule has 1 unspecified atom stereocenters. The fraction of sp³-hybridized carbons (Fsp3) is 0.448. The molecule has 2 saturated carbocycles. The maximum atomic E-state index is 12.7. The fourth-order valence-electron chi connectivity index (χ4n) is 5.90. The lowest BCUT2D eigenvalue weighted by Crippen LogP contribution is -2.36. The van der Waals surface area contributed by atoms with Crippen LogP contribution in [0.1, 0.15) is 55.9 Å². The van der Waals surface area contributed by atoms with Gasteiger partial charge in [0, 0.05) is 41.9 Å². The summed E-state index contributed by atoms with van der Waals surface area (Å²) >= 11 is 0. The zero-order valence-corrected chi connectivity index (χ0v) is 22.9. The van der Waals surface area contributed by atoms with Crippen LogP contribution < -0.4 is 21.1 Å². The molecule has 3 aromatic rings. The Balaban J connectivity index is 1.29. The Morgan fingerprint density at radius 1 is 1.18 bits per heavy atom. The van der Waals surface area contributed by atoms with E-state index >= 15 is 0 Å². The zero-order chi connectivity index (χ0) is 28.1. The van der Waals surface area contributed by atoms with Gasteiger partial charge in [-0.3, -0.25) is 14.3 Å². The van der Waals surface area contributed by atoms with Gasteiger partial charge in [0.15, 0.2) is 5.79 Å². The van der Waals surface area contributed by atoms with E-state index in [4.69, 9.17) is 19.9 Å². The number of benzene rings is 1. The number of carbonyl (C=O) groups excluding carboxylic acids is 2. The van der Waals surface area contributed by atoms with Crippen LogP contribution in [0.3, 0.4) is 0 Å². The molecule has 2 aliphatic carbocycles. The van der Waals surface area contributed by atoms with E-state index in [1.54, 1.807) is 19.4 Å². The third kappa shape index (κ3) is 4.69. The molecule has 3 aliphatic rings. The van der Waals surface area contributed by atoms with Gasteiger partial charge in [-0.1, -0.05) is 26.0 Å². The van der Waals surface area contributed by atoms with Crippen molar-refractivity contribution < 1.29 is 23.8 Å². The lowest BCUT2D eigenvalue weighted by atomic mass is 10.1. The predicted molar refractivity (Wildman–Crippen MR) is 148 cm³/mol. The molecule has 2 atom stereocenters. The van der Waals surface area contributed by atoms with Gasteiger partial charge in [-0.2, -0.15) is 5.10 Å². The van der Waals surface area contributed by atoms with E-state index < -0.39 is 11.7 Å². The van der Waals surface area contributed by atoms with Crippen molar-refractivity contribution in [3.8, 4) is 16.9 Å². The summed E-state index contributed by atoms with van der Waals surface area (Å²) in [6.45, 7) is 5.30. The average Bonchev–Trinajstić information content (AvgIpc) is 3.41. The van der Waals surface area contributed by atoms with Crippen LogP contribution in [0.5, 0.6) is 5.75 Å². The van der Waals surface area contributed by atoms with Crippen LogP contribution in [-0.2, 0) is 14.3 Å². The van der Waals surface area contributed by atoms with E-state index in [0.29, 0.717) is 36.2 Å². The molecule has 40 heavy (non-hydrogen) atoms. The Morgan fingerprint density at radius 3 is 2.65 bits per heavy atom. The van der Waals surface area contributed by atoms with Gasteiger partial charge in [0.2, 0.25) is 5.91 Å². The van der Waals surface area contributed by atoms with Crippen LogP contribution in [-0.4, -0.2) is 52.7 Å². The van der Waals surface area contributed by atoms with Crippen molar-refractivity contribution in [1.82, 2.24) is 14.8 Å². The summed E-state index contributed by atoms with van der Waals surface area (Å²) in [5.74, 6) is -0.512. The summed E-state index contributed by atoms with van der Waals surface area (Å²) < 4.78 is 19.8. The molecule has 1 aliphatic heterocycles. The number of rotatable bonds is 8. The van der Waals surface area contributed by atoms with E-state index in [2.05, 4.69) is 34.6 Å². The number of carbonyl (C=O) groups is 2. The lowest BCUT2D eigenvalue weighted by Gasteiger charge is -2.29. The maximum absolute atomic E-state index is 12.7. The molecule has 4 N–H and O–H groups in total. The van der Waals surface area contributed by atoms with Crippen LogP contribution in [0, 0.1) is 11.3 Å². The molecular formula is C29H34N6O5. The Kier molecular flexibility index (Phi) is 6.50. The van der Waals surface area contributed by atoms with Crippen LogP contribution >= 0.6 is 0 Å². The van der Waals surface area contributed by atoms with Crippen molar-refractivity contribution in [3.63, 3.8) is 0 Å². The molecule has 210 valence electrons. The number of para-hydroxylation sites is 1. The second-order valence-electron chi connectivity index (χ2n) is 11.4. The Morgan fingerprint density at radius 2 is 1.95 bits per heavy atom. The van der Waals surface area contributed by atoms with Gasteiger partial charge in [0.1, 0.15) is 17.6 Å². The smallest absolute Gasteiger partial charge is 0.252 e. The topological polar surface area (TPSA) is 143 Å². The number of nitrogens with two attached hydrogens (primary N) is 1. The van der Waals surface area contributed by atoms with Crippen LogP contribution in [0.25, 0.3) is 11.1 Å². The molecule has 0 bridgehead atoms. The minimum absolute atomic E-state index is 0.000779. The zero-order valence-electron chi connectivity index (χ0n) is 22.9. The Bertz CT molecular complexity index is 1460. The summed E-state index contributed by atoms with van der Waals surface area (Å²) in [6.07, 6.45) is 8.77. The van der Waals surface area contributed by atoms with Crippen LogP contribution in [0.4, 0.5) is 17.2 Å². The van der Waals surface area contributed by atoms with E-state index in [0.717, 1.165) is 36.8 Å². The van der Waals surface area contributed by atoms with Gasteiger partial charge in [-0.15, -0.1) is 0 Å². The molecule has 2 aromatic heterocycles. The van der Waals surface area contributed by atoms with Crippen molar-refractivity contribution in [2.75, 3.05) is 31.0 Å². The number of anilines is 3. The summed E-state index contributed by atoms with van der Waals surface area (Å²) in [4.78, 5) is 29.1. The minimum Gasteiger partial charge on any atom is -0.494 e. The quantitative estimate of drug-likeness (QED) is 0.381. The van der Waals surface area contributed by atoms with Gasteiger partial charge in [-0.05, 0) is 30.7 Å². The fourth-order valence-corrected chi connectivity index (χ4v) is 5.90. The third-order valence-corrected chi connectivity index (χ3v) is 8.26. The predicted octanol–water partition coefficient (Wildman–Crippen LogP) is 4.25. The first kappa shape index (κ1) is 26.3. The summed E-state index contributed by atoms with van der Waals surface area (Å²) in [5, 5.41) is 10.8. The third-order valence-electron chi connectivity index (χ3n) is 8.26. The SMILES string of the molecule is COc1c(Nc2cc(NC(=O)[C@H]3CC3(C)C)ncc2C(N)=O)cccc1-c1cnn(C2CCCC23OCCO3)c1.